The zero-order chi connectivity index (χ0) is 21.5. The number of carbonyl (C=O) groups excluding carboxylic acids is 1. The van der Waals surface area contributed by atoms with E-state index in [1.807, 2.05) is 37.5 Å². The average Bonchev–Trinajstić information content (AvgIpc) is 3.46. The number of fused-ring (bicyclic) bond motifs is 3. The number of para-hydroxylation sites is 1. The molecule has 1 aromatic carbocycles. The number of nitrogens with zero attached hydrogens (tertiary/aromatic N) is 4. The van der Waals surface area contributed by atoms with Crippen LogP contribution in [0.2, 0.25) is 0 Å². The van der Waals surface area contributed by atoms with E-state index in [-0.39, 0.29) is 5.92 Å². The van der Waals surface area contributed by atoms with Gasteiger partial charge < -0.3 is 14.0 Å². The van der Waals surface area contributed by atoms with Crippen molar-refractivity contribution in [3.63, 3.8) is 0 Å². The van der Waals surface area contributed by atoms with Crippen LogP contribution in [0.3, 0.4) is 0 Å². The molecule has 0 radical (unpaired) electrons. The quantitative estimate of drug-likeness (QED) is 0.283. The molecule has 158 valence electrons. The third-order valence-electron chi connectivity index (χ3n) is 5.94. The van der Waals surface area contributed by atoms with Crippen LogP contribution in [0.1, 0.15) is 33.2 Å². The first-order chi connectivity index (χ1) is 15.0. The first-order valence-corrected chi connectivity index (χ1v) is 11.7. The molecule has 5 rings (SSSR count). The lowest BCUT2D eigenvalue weighted by Crippen LogP contribution is -2.28. The highest BCUT2D eigenvalue weighted by molar-refractivity contribution is 9.11. The van der Waals surface area contributed by atoms with Crippen LogP contribution in [0, 0.1) is 12.8 Å². The number of hydrogen-bond donors (Lipinski definition) is 0. The summed E-state index contributed by atoms with van der Waals surface area (Å²) in [5.74, 6) is 0.644. The van der Waals surface area contributed by atoms with Gasteiger partial charge in [0.25, 0.3) is 0 Å². The summed E-state index contributed by atoms with van der Waals surface area (Å²) in [6.07, 6.45) is 5.67. The molecule has 0 fully saturated rings. The van der Waals surface area contributed by atoms with Crippen molar-refractivity contribution in [2.45, 2.75) is 26.3 Å². The van der Waals surface area contributed by atoms with Crippen LogP contribution in [0.25, 0.3) is 10.9 Å². The number of halogens is 1. The van der Waals surface area contributed by atoms with Gasteiger partial charge in [-0.3, -0.25) is 0 Å². The lowest BCUT2D eigenvalue weighted by atomic mass is 9.84. The molecule has 1 aliphatic carbocycles. The molecule has 1 atom stereocenters. The minimum Gasteiger partial charge on any atom is -0.347 e. The van der Waals surface area contributed by atoms with Gasteiger partial charge in [0, 0.05) is 54.1 Å². The molecule has 6 nitrogen and oxygen atoms in total. The Hall–Kier alpha value is -2.71. The van der Waals surface area contributed by atoms with Gasteiger partial charge in [0.1, 0.15) is 10.7 Å². The molecule has 31 heavy (non-hydrogen) atoms. The molecule has 0 amide bonds. The number of aryl methyl sites for hydroxylation is 2. The molecular formula is C23H21BrN4O2S. The lowest BCUT2D eigenvalue weighted by Gasteiger charge is -2.25. The van der Waals surface area contributed by atoms with Gasteiger partial charge in [0.15, 0.2) is 0 Å². The van der Waals surface area contributed by atoms with Gasteiger partial charge in [-0.25, -0.2) is 9.78 Å². The molecule has 8 heteroatoms. The minimum absolute atomic E-state index is 0.120. The van der Waals surface area contributed by atoms with E-state index < -0.39 is 5.97 Å². The Kier molecular flexibility index (Phi) is 5.27. The highest BCUT2D eigenvalue weighted by atomic mass is 79.9. The molecular weight excluding hydrogens is 476 g/mol. The molecule has 1 unspecified atom stereocenters. The average molecular weight is 497 g/mol. The van der Waals surface area contributed by atoms with Gasteiger partial charge in [0.2, 0.25) is 0 Å². The number of carbonyl (C=O) groups is 1. The molecule has 0 saturated heterocycles. The van der Waals surface area contributed by atoms with Crippen molar-refractivity contribution in [3.05, 3.63) is 74.5 Å². The van der Waals surface area contributed by atoms with Gasteiger partial charge in [-0.15, -0.1) is 11.3 Å². The molecule has 3 heterocycles. The number of benzene rings is 1. The molecule has 0 spiro atoms. The van der Waals surface area contributed by atoms with Crippen LogP contribution in [0.15, 0.2) is 57.7 Å². The van der Waals surface area contributed by atoms with E-state index in [1.165, 1.54) is 17.0 Å². The number of thiophene rings is 1. The number of hydrogen-bond acceptors (Lipinski definition) is 5. The van der Waals surface area contributed by atoms with Crippen molar-refractivity contribution < 1.29 is 9.63 Å². The maximum atomic E-state index is 12.6. The predicted molar refractivity (Wildman–Crippen MR) is 126 cm³/mol. The Morgan fingerprint density at radius 3 is 2.90 bits per heavy atom. The highest BCUT2D eigenvalue weighted by Gasteiger charge is 2.32. The fraction of sp³-hybridized carbons (Fsp3) is 0.261. The third-order valence-corrected chi connectivity index (χ3v) is 7.55. The zero-order valence-electron chi connectivity index (χ0n) is 17.2. The van der Waals surface area contributed by atoms with E-state index in [4.69, 9.17) is 4.84 Å². The van der Waals surface area contributed by atoms with Crippen LogP contribution in [-0.4, -0.2) is 25.8 Å². The smallest absolute Gasteiger partial charge is 0.347 e. The van der Waals surface area contributed by atoms with Crippen molar-refractivity contribution in [2.75, 3.05) is 0 Å². The molecule has 0 saturated carbocycles. The van der Waals surface area contributed by atoms with Crippen molar-refractivity contribution in [2.24, 2.45) is 18.1 Å². The summed E-state index contributed by atoms with van der Waals surface area (Å²) in [5, 5.41) is 5.62. The Labute approximate surface area is 192 Å². The van der Waals surface area contributed by atoms with E-state index in [1.54, 1.807) is 6.07 Å². The van der Waals surface area contributed by atoms with Crippen LogP contribution < -0.4 is 0 Å². The summed E-state index contributed by atoms with van der Waals surface area (Å²) in [5.41, 5.74) is 4.31. The first-order valence-electron chi connectivity index (χ1n) is 10.1. The highest BCUT2D eigenvalue weighted by Crippen LogP contribution is 2.35. The van der Waals surface area contributed by atoms with E-state index in [0.717, 1.165) is 51.2 Å². The third kappa shape index (κ3) is 3.64. The van der Waals surface area contributed by atoms with E-state index in [2.05, 4.69) is 54.4 Å². The van der Waals surface area contributed by atoms with Crippen molar-refractivity contribution in [1.82, 2.24) is 14.1 Å². The monoisotopic (exact) mass is 496 g/mol. The fourth-order valence-corrected chi connectivity index (χ4v) is 5.63. The Morgan fingerprint density at radius 2 is 2.16 bits per heavy atom. The predicted octanol–water partition coefficient (Wildman–Crippen LogP) is 5.33. The fourth-order valence-electron chi connectivity index (χ4n) is 4.37. The summed E-state index contributed by atoms with van der Waals surface area (Å²) in [7, 11) is 2.09. The second-order valence-electron chi connectivity index (χ2n) is 7.72. The largest absolute Gasteiger partial charge is 0.375 e. The topological polar surface area (TPSA) is 61.4 Å². The summed E-state index contributed by atoms with van der Waals surface area (Å²) in [6.45, 7) is 2.74. The molecule has 3 aromatic heterocycles. The lowest BCUT2D eigenvalue weighted by molar-refractivity contribution is 0.0519. The van der Waals surface area contributed by atoms with Crippen LogP contribution in [-0.2, 0) is 24.9 Å². The summed E-state index contributed by atoms with van der Waals surface area (Å²) >= 11 is 4.73. The maximum Gasteiger partial charge on any atom is 0.375 e. The molecule has 4 aromatic rings. The summed E-state index contributed by atoms with van der Waals surface area (Å²) in [4.78, 5) is 23.0. The Morgan fingerprint density at radius 1 is 1.32 bits per heavy atom. The zero-order valence-corrected chi connectivity index (χ0v) is 19.6. The van der Waals surface area contributed by atoms with Crippen molar-refractivity contribution in [3.8, 4) is 0 Å². The normalized spacial score (nSPS) is 17.3. The maximum absolute atomic E-state index is 12.6. The van der Waals surface area contributed by atoms with E-state index in [9.17, 15) is 4.79 Å². The van der Waals surface area contributed by atoms with Crippen LogP contribution in [0.5, 0.6) is 0 Å². The molecule has 0 N–H and O–H groups in total. The van der Waals surface area contributed by atoms with Gasteiger partial charge in [-0.2, -0.15) is 0 Å². The van der Waals surface area contributed by atoms with E-state index in [0.29, 0.717) is 4.88 Å². The van der Waals surface area contributed by atoms with Gasteiger partial charge in [-0.1, -0.05) is 23.4 Å². The number of imidazole rings is 1. The molecule has 0 bridgehead atoms. The number of aromatic nitrogens is 3. The Bertz CT molecular complexity index is 1320. The van der Waals surface area contributed by atoms with Crippen LogP contribution >= 0.6 is 27.3 Å². The Balaban J connectivity index is 1.58. The minimum atomic E-state index is -0.437. The summed E-state index contributed by atoms with van der Waals surface area (Å²) in [6, 6.07) is 11.9. The second-order valence-corrected chi connectivity index (χ2v) is 10.2. The second kappa shape index (κ2) is 8.09. The van der Waals surface area contributed by atoms with E-state index >= 15 is 0 Å². The van der Waals surface area contributed by atoms with Gasteiger partial charge >= 0.3 is 5.97 Å². The number of rotatable bonds is 4. The SMILES string of the molecule is Cc1nccn1CC1CCc2c(c3ccccc3n2C)/C1=N/OC(=O)c1ccc(Br)s1. The van der Waals surface area contributed by atoms with Crippen molar-refractivity contribution in [1.29, 1.82) is 0 Å². The molecule has 0 aliphatic heterocycles. The summed E-state index contributed by atoms with van der Waals surface area (Å²) < 4.78 is 5.25. The first kappa shape index (κ1) is 20.2. The number of oxime groups is 1. The van der Waals surface area contributed by atoms with Gasteiger partial charge in [-0.05, 0) is 53.9 Å². The molecule has 1 aliphatic rings. The van der Waals surface area contributed by atoms with Crippen molar-refractivity contribution >= 4 is 49.9 Å². The van der Waals surface area contributed by atoms with Crippen LogP contribution in [0.4, 0.5) is 0 Å². The van der Waals surface area contributed by atoms with Gasteiger partial charge in [0.05, 0.1) is 9.50 Å². The standard InChI is InChI=1S/C23H21BrN4O2S/c1-14-25-11-12-28(14)13-15-7-8-18-21(16-5-3-4-6-17(16)27(18)2)22(15)26-30-23(29)19-9-10-20(24)31-19/h3-6,9-12,15H,7-8,13H2,1-2H3/b26-22+.